The van der Waals surface area contributed by atoms with Crippen LogP contribution in [0.2, 0.25) is 0 Å². The standard InChI is InChI=1S/C13H13BrN2O2S/c1-2-3-10(11(15)19)16-12(17)8-5-4-7(14)6-9(8)13(16)18/h4-6,10H,2-3H2,1H3,(H2,15,19). The number of amides is 2. The molecule has 1 aromatic carbocycles. The number of benzene rings is 1. The van der Waals surface area contributed by atoms with Crippen molar-refractivity contribution in [2.45, 2.75) is 25.8 Å². The zero-order chi connectivity index (χ0) is 14.2. The van der Waals surface area contributed by atoms with Gasteiger partial charge in [-0.25, -0.2) is 0 Å². The summed E-state index contributed by atoms with van der Waals surface area (Å²) in [6.07, 6.45) is 1.38. The molecule has 1 aliphatic rings. The van der Waals surface area contributed by atoms with Crippen LogP contribution in [0.1, 0.15) is 40.5 Å². The van der Waals surface area contributed by atoms with E-state index in [1.807, 2.05) is 6.92 Å². The van der Waals surface area contributed by atoms with E-state index in [0.29, 0.717) is 17.5 Å². The van der Waals surface area contributed by atoms with Crippen LogP contribution < -0.4 is 5.73 Å². The summed E-state index contributed by atoms with van der Waals surface area (Å²) < 4.78 is 0.761. The van der Waals surface area contributed by atoms with E-state index in [2.05, 4.69) is 15.9 Å². The maximum atomic E-state index is 12.3. The number of halogens is 1. The van der Waals surface area contributed by atoms with Gasteiger partial charge < -0.3 is 5.73 Å². The molecule has 100 valence electrons. The third-order valence-electron chi connectivity index (χ3n) is 3.08. The number of carbonyl (C=O) groups is 2. The second kappa shape index (κ2) is 5.38. The summed E-state index contributed by atoms with van der Waals surface area (Å²) in [7, 11) is 0. The van der Waals surface area contributed by atoms with E-state index < -0.39 is 6.04 Å². The SMILES string of the molecule is CCCC(C(N)=S)N1C(=O)c2ccc(Br)cc2C1=O. The number of hydrogen-bond acceptors (Lipinski definition) is 3. The molecule has 1 aliphatic heterocycles. The molecule has 1 atom stereocenters. The lowest BCUT2D eigenvalue weighted by Gasteiger charge is -2.24. The van der Waals surface area contributed by atoms with E-state index in [1.165, 1.54) is 4.90 Å². The number of fused-ring (bicyclic) bond motifs is 1. The number of nitrogens with two attached hydrogens (primary N) is 1. The van der Waals surface area contributed by atoms with Gasteiger partial charge in [-0.3, -0.25) is 14.5 Å². The van der Waals surface area contributed by atoms with Gasteiger partial charge in [-0.1, -0.05) is 41.5 Å². The molecule has 0 saturated heterocycles. The minimum Gasteiger partial charge on any atom is -0.392 e. The molecule has 2 amide bonds. The molecule has 0 spiro atoms. The van der Waals surface area contributed by atoms with Crippen molar-refractivity contribution in [2.75, 3.05) is 0 Å². The van der Waals surface area contributed by atoms with Crippen molar-refractivity contribution in [1.82, 2.24) is 4.90 Å². The normalized spacial score (nSPS) is 15.6. The fraction of sp³-hybridized carbons (Fsp3) is 0.308. The molecule has 19 heavy (non-hydrogen) atoms. The summed E-state index contributed by atoms with van der Waals surface area (Å²) in [5.41, 5.74) is 6.48. The van der Waals surface area contributed by atoms with Crippen LogP contribution in [0.15, 0.2) is 22.7 Å². The van der Waals surface area contributed by atoms with Crippen molar-refractivity contribution in [3.05, 3.63) is 33.8 Å². The first-order valence-electron chi connectivity index (χ1n) is 5.94. The number of imide groups is 1. The molecule has 2 rings (SSSR count). The Balaban J connectivity index is 2.44. The molecule has 1 heterocycles. The number of rotatable bonds is 4. The number of nitrogens with zero attached hydrogens (tertiary/aromatic N) is 1. The lowest BCUT2D eigenvalue weighted by atomic mass is 10.1. The van der Waals surface area contributed by atoms with E-state index in [4.69, 9.17) is 18.0 Å². The summed E-state index contributed by atoms with van der Waals surface area (Å²) in [4.78, 5) is 26.0. The Bertz CT molecular complexity index is 574. The van der Waals surface area contributed by atoms with Gasteiger partial charge in [-0.2, -0.15) is 0 Å². The van der Waals surface area contributed by atoms with Crippen LogP contribution in [0.25, 0.3) is 0 Å². The van der Waals surface area contributed by atoms with Crippen molar-refractivity contribution >= 4 is 45.0 Å². The first-order chi connectivity index (χ1) is 8.97. The van der Waals surface area contributed by atoms with E-state index in [9.17, 15) is 9.59 Å². The summed E-state index contributed by atoms with van der Waals surface area (Å²) in [5, 5.41) is 0. The van der Waals surface area contributed by atoms with Crippen LogP contribution in [0.5, 0.6) is 0 Å². The van der Waals surface area contributed by atoms with Gasteiger partial charge in [0.2, 0.25) is 0 Å². The third-order valence-corrected chi connectivity index (χ3v) is 3.85. The van der Waals surface area contributed by atoms with Crippen molar-refractivity contribution in [1.29, 1.82) is 0 Å². The zero-order valence-corrected chi connectivity index (χ0v) is 12.8. The minimum absolute atomic E-state index is 0.176. The van der Waals surface area contributed by atoms with Crippen LogP contribution in [-0.4, -0.2) is 27.7 Å². The van der Waals surface area contributed by atoms with Crippen LogP contribution in [0.4, 0.5) is 0 Å². The highest BCUT2D eigenvalue weighted by atomic mass is 79.9. The zero-order valence-electron chi connectivity index (χ0n) is 10.4. The Hall–Kier alpha value is -1.27. The fourth-order valence-corrected chi connectivity index (χ4v) is 2.77. The highest BCUT2D eigenvalue weighted by Crippen LogP contribution is 2.28. The van der Waals surface area contributed by atoms with Crippen molar-refractivity contribution in [2.24, 2.45) is 5.73 Å². The second-order valence-corrected chi connectivity index (χ2v) is 5.76. The van der Waals surface area contributed by atoms with E-state index >= 15 is 0 Å². The van der Waals surface area contributed by atoms with Crippen LogP contribution in [0.3, 0.4) is 0 Å². The molecule has 1 unspecified atom stereocenters. The topological polar surface area (TPSA) is 63.4 Å². The molecule has 1 aromatic rings. The Morgan fingerprint density at radius 3 is 2.58 bits per heavy atom. The van der Waals surface area contributed by atoms with Gasteiger partial charge in [0.25, 0.3) is 11.8 Å². The first-order valence-corrected chi connectivity index (χ1v) is 7.14. The Morgan fingerprint density at radius 1 is 1.37 bits per heavy atom. The molecule has 0 aliphatic carbocycles. The summed E-state index contributed by atoms with van der Waals surface area (Å²) in [6.45, 7) is 1.96. The molecular formula is C13H13BrN2O2S. The Kier molecular flexibility index (Phi) is 4.01. The summed E-state index contributed by atoms with van der Waals surface area (Å²) >= 11 is 8.28. The van der Waals surface area contributed by atoms with Crippen LogP contribution in [0, 0.1) is 0 Å². The highest BCUT2D eigenvalue weighted by Gasteiger charge is 2.40. The lowest BCUT2D eigenvalue weighted by Crippen LogP contribution is -2.46. The minimum atomic E-state index is -0.508. The molecule has 6 heteroatoms. The largest absolute Gasteiger partial charge is 0.392 e. The van der Waals surface area contributed by atoms with Gasteiger partial charge in [0.05, 0.1) is 22.2 Å². The Labute approximate surface area is 125 Å². The van der Waals surface area contributed by atoms with Gasteiger partial charge in [-0.05, 0) is 24.6 Å². The summed E-state index contributed by atoms with van der Waals surface area (Å²) in [5.74, 6) is -0.647. The fourth-order valence-electron chi connectivity index (χ4n) is 2.19. The molecule has 0 fully saturated rings. The van der Waals surface area contributed by atoms with Gasteiger partial charge in [0, 0.05) is 4.47 Å². The van der Waals surface area contributed by atoms with Crippen LogP contribution >= 0.6 is 28.1 Å². The predicted molar refractivity (Wildman–Crippen MR) is 80.1 cm³/mol. The van der Waals surface area contributed by atoms with Crippen molar-refractivity contribution < 1.29 is 9.59 Å². The highest BCUT2D eigenvalue weighted by molar-refractivity contribution is 9.10. The monoisotopic (exact) mass is 340 g/mol. The number of hydrogen-bond donors (Lipinski definition) is 1. The number of carbonyl (C=O) groups excluding carboxylic acids is 2. The molecule has 0 bridgehead atoms. The van der Waals surface area contributed by atoms with Crippen molar-refractivity contribution in [3.8, 4) is 0 Å². The molecule has 2 N–H and O–H groups in total. The average Bonchev–Trinajstić information content (AvgIpc) is 2.59. The van der Waals surface area contributed by atoms with E-state index in [0.717, 1.165) is 10.9 Å². The molecular weight excluding hydrogens is 328 g/mol. The van der Waals surface area contributed by atoms with E-state index in [1.54, 1.807) is 18.2 Å². The lowest BCUT2D eigenvalue weighted by molar-refractivity contribution is 0.0621. The smallest absolute Gasteiger partial charge is 0.262 e. The first kappa shape index (κ1) is 14.1. The van der Waals surface area contributed by atoms with Crippen LogP contribution in [-0.2, 0) is 0 Å². The van der Waals surface area contributed by atoms with Crippen molar-refractivity contribution in [3.63, 3.8) is 0 Å². The van der Waals surface area contributed by atoms with E-state index in [-0.39, 0.29) is 16.8 Å². The van der Waals surface area contributed by atoms with Gasteiger partial charge in [0.1, 0.15) is 0 Å². The molecule has 4 nitrogen and oxygen atoms in total. The Morgan fingerprint density at radius 2 is 2.00 bits per heavy atom. The number of thiocarbonyl (C=S) groups is 1. The maximum absolute atomic E-state index is 12.3. The maximum Gasteiger partial charge on any atom is 0.262 e. The summed E-state index contributed by atoms with van der Waals surface area (Å²) in [6, 6.07) is 4.52. The van der Waals surface area contributed by atoms with Gasteiger partial charge in [0.15, 0.2) is 0 Å². The molecule has 0 aromatic heterocycles. The third kappa shape index (κ3) is 2.42. The average molecular weight is 341 g/mol. The molecule has 0 radical (unpaired) electrons. The second-order valence-electron chi connectivity index (χ2n) is 4.38. The van der Waals surface area contributed by atoms with Gasteiger partial charge in [-0.15, -0.1) is 0 Å². The predicted octanol–water partition coefficient (Wildman–Crippen LogP) is 2.50. The quantitative estimate of drug-likeness (QED) is 0.675. The van der Waals surface area contributed by atoms with Gasteiger partial charge >= 0.3 is 0 Å². The molecule has 0 saturated carbocycles.